The number of nitrogens with zero attached hydrogens (tertiary/aromatic N) is 1. The maximum Gasteiger partial charge on any atom is 0.252 e. The van der Waals surface area contributed by atoms with Crippen molar-refractivity contribution < 1.29 is 19.0 Å². The largest absolute Gasteiger partial charge is 0.394 e. The summed E-state index contributed by atoms with van der Waals surface area (Å²) >= 11 is 0. The lowest BCUT2D eigenvalue weighted by atomic mass is 10.2. The van der Waals surface area contributed by atoms with Crippen LogP contribution in [0.5, 0.6) is 0 Å². The standard InChI is InChI=1S/C11H15FN2O3/c12-10-3-2-9(8-14-10)11(16)13-4-1-6-17-7-5-15/h2-3,8,15H,1,4-7H2,(H,13,16). The molecule has 0 aliphatic carbocycles. The van der Waals surface area contributed by atoms with E-state index in [2.05, 4.69) is 10.3 Å². The molecule has 0 aliphatic heterocycles. The number of rotatable bonds is 7. The van der Waals surface area contributed by atoms with Crippen LogP contribution in [0.1, 0.15) is 16.8 Å². The van der Waals surface area contributed by atoms with Gasteiger partial charge in [-0.3, -0.25) is 4.79 Å². The topological polar surface area (TPSA) is 71.5 Å². The normalized spacial score (nSPS) is 10.2. The fourth-order valence-corrected chi connectivity index (χ4v) is 1.15. The fourth-order valence-electron chi connectivity index (χ4n) is 1.15. The Balaban J connectivity index is 2.19. The van der Waals surface area contributed by atoms with Crippen LogP contribution in [0.4, 0.5) is 4.39 Å². The summed E-state index contributed by atoms with van der Waals surface area (Å²) in [5.41, 5.74) is 0.322. The highest BCUT2D eigenvalue weighted by Crippen LogP contribution is 1.98. The number of pyridine rings is 1. The Hall–Kier alpha value is -1.53. The van der Waals surface area contributed by atoms with Crippen molar-refractivity contribution in [3.8, 4) is 0 Å². The van der Waals surface area contributed by atoms with Crippen molar-refractivity contribution in [1.82, 2.24) is 10.3 Å². The van der Waals surface area contributed by atoms with Crippen molar-refractivity contribution in [2.75, 3.05) is 26.4 Å². The zero-order valence-electron chi connectivity index (χ0n) is 9.36. The summed E-state index contributed by atoms with van der Waals surface area (Å²) in [6, 6.07) is 2.51. The average Bonchev–Trinajstić information content (AvgIpc) is 2.34. The Kier molecular flexibility index (Phi) is 6.13. The molecule has 0 aliphatic rings. The summed E-state index contributed by atoms with van der Waals surface area (Å²) in [5, 5.41) is 11.1. The van der Waals surface area contributed by atoms with Gasteiger partial charge in [0.2, 0.25) is 5.95 Å². The van der Waals surface area contributed by atoms with Gasteiger partial charge in [0, 0.05) is 19.3 Å². The minimum absolute atomic E-state index is 0.00634. The van der Waals surface area contributed by atoms with Crippen LogP contribution < -0.4 is 5.32 Å². The minimum atomic E-state index is -0.612. The van der Waals surface area contributed by atoms with E-state index in [1.54, 1.807) is 0 Å². The highest BCUT2D eigenvalue weighted by atomic mass is 19.1. The number of amides is 1. The number of nitrogens with one attached hydrogen (secondary N) is 1. The lowest BCUT2D eigenvalue weighted by molar-refractivity contribution is 0.0867. The third-order valence-electron chi connectivity index (χ3n) is 1.98. The molecular weight excluding hydrogens is 227 g/mol. The number of hydrogen-bond acceptors (Lipinski definition) is 4. The molecule has 1 aromatic rings. The van der Waals surface area contributed by atoms with Gasteiger partial charge in [-0.2, -0.15) is 4.39 Å². The van der Waals surface area contributed by atoms with E-state index in [1.165, 1.54) is 12.3 Å². The first-order chi connectivity index (χ1) is 8.24. The van der Waals surface area contributed by atoms with Gasteiger partial charge in [-0.1, -0.05) is 0 Å². The van der Waals surface area contributed by atoms with Gasteiger partial charge in [0.05, 0.1) is 18.8 Å². The van der Waals surface area contributed by atoms with Gasteiger partial charge in [0.25, 0.3) is 5.91 Å². The molecule has 6 heteroatoms. The van der Waals surface area contributed by atoms with Crippen LogP contribution in [0.25, 0.3) is 0 Å². The predicted molar refractivity (Wildman–Crippen MR) is 59.1 cm³/mol. The first-order valence-corrected chi connectivity index (χ1v) is 5.32. The number of ether oxygens (including phenoxy) is 1. The second-order valence-electron chi connectivity index (χ2n) is 3.32. The van der Waals surface area contributed by atoms with Gasteiger partial charge in [-0.05, 0) is 18.6 Å². The zero-order valence-corrected chi connectivity index (χ0v) is 9.36. The van der Waals surface area contributed by atoms with Crippen LogP contribution in [0, 0.1) is 5.95 Å². The minimum Gasteiger partial charge on any atom is -0.394 e. The SMILES string of the molecule is O=C(NCCCOCCO)c1ccc(F)nc1. The smallest absolute Gasteiger partial charge is 0.252 e. The molecule has 0 radical (unpaired) electrons. The van der Waals surface area contributed by atoms with Crippen molar-refractivity contribution in [2.45, 2.75) is 6.42 Å². The van der Waals surface area contributed by atoms with E-state index in [9.17, 15) is 9.18 Å². The lowest BCUT2D eigenvalue weighted by Crippen LogP contribution is -2.25. The van der Waals surface area contributed by atoms with Crippen LogP contribution in [-0.4, -0.2) is 42.4 Å². The molecule has 1 rings (SSSR count). The molecule has 0 spiro atoms. The second kappa shape index (κ2) is 7.70. The monoisotopic (exact) mass is 242 g/mol. The van der Waals surface area contributed by atoms with E-state index < -0.39 is 5.95 Å². The zero-order chi connectivity index (χ0) is 12.5. The Morgan fingerprint density at radius 1 is 1.47 bits per heavy atom. The number of carbonyl (C=O) groups is 1. The summed E-state index contributed by atoms with van der Waals surface area (Å²) in [6.07, 6.45) is 1.84. The molecule has 0 unspecified atom stereocenters. The molecule has 0 fully saturated rings. The molecule has 1 heterocycles. The quantitative estimate of drug-likeness (QED) is 0.534. The molecule has 0 saturated carbocycles. The molecule has 0 aromatic carbocycles. The van der Waals surface area contributed by atoms with Crippen molar-refractivity contribution in [3.05, 3.63) is 29.8 Å². The Labute approximate surface area is 98.6 Å². The summed E-state index contributed by atoms with van der Waals surface area (Å²) in [7, 11) is 0. The van der Waals surface area contributed by atoms with Crippen molar-refractivity contribution >= 4 is 5.91 Å². The van der Waals surface area contributed by atoms with Crippen LogP contribution in [0.3, 0.4) is 0 Å². The highest BCUT2D eigenvalue weighted by molar-refractivity contribution is 5.93. The third kappa shape index (κ3) is 5.37. The maximum atomic E-state index is 12.5. The van der Waals surface area contributed by atoms with Gasteiger partial charge in [-0.15, -0.1) is 0 Å². The molecule has 17 heavy (non-hydrogen) atoms. The maximum absolute atomic E-state index is 12.5. The number of aromatic nitrogens is 1. The molecule has 2 N–H and O–H groups in total. The molecule has 1 aromatic heterocycles. The van der Waals surface area contributed by atoms with Crippen molar-refractivity contribution in [3.63, 3.8) is 0 Å². The molecule has 1 amide bonds. The second-order valence-corrected chi connectivity index (χ2v) is 3.32. The van der Waals surface area contributed by atoms with Gasteiger partial charge in [0.1, 0.15) is 0 Å². The number of carbonyl (C=O) groups excluding carboxylic acids is 1. The molecule has 0 atom stereocenters. The van der Waals surface area contributed by atoms with E-state index in [4.69, 9.17) is 9.84 Å². The van der Waals surface area contributed by atoms with Gasteiger partial charge < -0.3 is 15.2 Å². The lowest BCUT2D eigenvalue weighted by Gasteiger charge is -2.05. The summed E-state index contributed by atoms with van der Waals surface area (Å²) in [4.78, 5) is 14.9. The van der Waals surface area contributed by atoms with Gasteiger partial charge in [-0.25, -0.2) is 4.98 Å². The van der Waals surface area contributed by atoms with E-state index in [0.29, 0.717) is 31.7 Å². The first kappa shape index (κ1) is 13.5. The number of aliphatic hydroxyl groups excluding tert-OH is 1. The number of aliphatic hydroxyl groups is 1. The molecular formula is C11H15FN2O3. The third-order valence-corrected chi connectivity index (χ3v) is 1.98. The van der Waals surface area contributed by atoms with E-state index in [-0.39, 0.29) is 12.5 Å². The first-order valence-electron chi connectivity index (χ1n) is 5.32. The summed E-state index contributed by atoms with van der Waals surface area (Å²) in [5.74, 6) is -0.904. The molecule has 0 saturated heterocycles. The Morgan fingerprint density at radius 2 is 2.29 bits per heavy atom. The van der Waals surface area contributed by atoms with E-state index in [1.807, 2.05) is 0 Å². The van der Waals surface area contributed by atoms with Gasteiger partial charge in [0.15, 0.2) is 0 Å². The van der Waals surface area contributed by atoms with Crippen molar-refractivity contribution in [1.29, 1.82) is 0 Å². The number of halogens is 1. The Morgan fingerprint density at radius 3 is 2.94 bits per heavy atom. The predicted octanol–water partition coefficient (Wildman–Crippen LogP) is 0.349. The molecule has 5 nitrogen and oxygen atoms in total. The van der Waals surface area contributed by atoms with Crippen LogP contribution in [0.2, 0.25) is 0 Å². The van der Waals surface area contributed by atoms with Crippen molar-refractivity contribution in [2.24, 2.45) is 0 Å². The average molecular weight is 242 g/mol. The van der Waals surface area contributed by atoms with E-state index >= 15 is 0 Å². The van der Waals surface area contributed by atoms with E-state index in [0.717, 1.165) is 6.07 Å². The van der Waals surface area contributed by atoms with Gasteiger partial charge >= 0.3 is 0 Å². The molecule has 94 valence electrons. The molecule has 0 bridgehead atoms. The summed E-state index contributed by atoms with van der Waals surface area (Å²) in [6.45, 7) is 1.23. The summed E-state index contributed by atoms with van der Waals surface area (Å²) < 4.78 is 17.5. The van der Waals surface area contributed by atoms with Crippen LogP contribution >= 0.6 is 0 Å². The fraction of sp³-hybridized carbons (Fsp3) is 0.455. The highest BCUT2D eigenvalue weighted by Gasteiger charge is 2.04. The van der Waals surface area contributed by atoms with Crippen LogP contribution in [0.15, 0.2) is 18.3 Å². The van der Waals surface area contributed by atoms with Crippen LogP contribution in [-0.2, 0) is 4.74 Å². The Bertz CT molecular complexity index is 343. The number of hydrogen-bond donors (Lipinski definition) is 2.